The maximum atomic E-state index is 12.8. The smallest absolute Gasteiger partial charge is 0.318 e. The van der Waals surface area contributed by atoms with Gasteiger partial charge < -0.3 is 10.2 Å². The average Bonchev–Trinajstić information content (AvgIpc) is 2.39. The van der Waals surface area contributed by atoms with Gasteiger partial charge in [-0.3, -0.25) is 0 Å². The standard InChI is InChI=1S/C17H32N2O/c1-17(2,3)19(15-12-8-5-9-13-15)16(20)18-14-10-6-4-7-11-14/h14-15H,4-13H2,1-3H3,(H,18,20). The van der Waals surface area contributed by atoms with Crippen LogP contribution in [0, 0.1) is 0 Å². The fraction of sp³-hybridized carbons (Fsp3) is 0.941. The third kappa shape index (κ3) is 4.13. The van der Waals surface area contributed by atoms with Crippen molar-refractivity contribution in [2.75, 3.05) is 0 Å². The first kappa shape index (κ1) is 15.7. The number of urea groups is 1. The normalized spacial score (nSPS) is 22.6. The molecule has 3 heteroatoms. The summed E-state index contributed by atoms with van der Waals surface area (Å²) < 4.78 is 0. The van der Waals surface area contributed by atoms with Crippen molar-refractivity contribution in [3.8, 4) is 0 Å². The van der Waals surface area contributed by atoms with Crippen LogP contribution in [0.1, 0.15) is 85.0 Å². The molecular formula is C17H32N2O. The van der Waals surface area contributed by atoms with Crippen molar-refractivity contribution < 1.29 is 4.79 Å². The third-order valence-electron chi connectivity index (χ3n) is 4.81. The van der Waals surface area contributed by atoms with Crippen LogP contribution in [-0.2, 0) is 0 Å². The van der Waals surface area contributed by atoms with E-state index in [0.29, 0.717) is 12.1 Å². The van der Waals surface area contributed by atoms with Gasteiger partial charge in [0.2, 0.25) is 0 Å². The molecule has 2 aliphatic rings. The summed E-state index contributed by atoms with van der Waals surface area (Å²) >= 11 is 0. The topological polar surface area (TPSA) is 32.3 Å². The fourth-order valence-corrected chi connectivity index (χ4v) is 3.85. The first-order valence-corrected chi connectivity index (χ1v) is 8.58. The predicted molar refractivity (Wildman–Crippen MR) is 83.9 cm³/mol. The molecule has 1 N–H and O–H groups in total. The molecule has 2 fully saturated rings. The Morgan fingerprint density at radius 2 is 1.40 bits per heavy atom. The number of hydrogen-bond acceptors (Lipinski definition) is 1. The summed E-state index contributed by atoms with van der Waals surface area (Å²) in [6.45, 7) is 6.51. The summed E-state index contributed by atoms with van der Waals surface area (Å²) in [6, 6.07) is 1.02. The molecule has 116 valence electrons. The minimum atomic E-state index is -0.0826. The Bertz CT molecular complexity index is 309. The molecule has 0 heterocycles. The number of amides is 2. The maximum absolute atomic E-state index is 12.8. The van der Waals surface area contributed by atoms with Crippen LogP contribution in [0.3, 0.4) is 0 Å². The molecule has 0 spiro atoms. The van der Waals surface area contributed by atoms with Crippen molar-refractivity contribution in [3.05, 3.63) is 0 Å². The van der Waals surface area contributed by atoms with Gasteiger partial charge in [0.25, 0.3) is 0 Å². The summed E-state index contributed by atoms with van der Waals surface area (Å²) in [5.41, 5.74) is -0.0826. The zero-order chi connectivity index (χ0) is 14.6. The van der Waals surface area contributed by atoms with Gasteiger partial charge in [-0.25, -0.2) is 4.79 Å². The van der Waals surface area contributed by atoms with Gasteiger partial charge in [-0.2, -0.15) is 0 Å². The van der Waals surface area contributed by atoms with Gasteiger partial charge in [-0.05, 0) is 46.5 Å². The molecule has 2 amide bonds. The lowest BCUT2D eigenvalue weighted by Gasteiger charge is -2.44. The first-order chi connectivity index (χ1) is 9.48. The van der Waals surface area contributed by atoms with E-state index in [2.05, 4.69) is 31.0 Å². The quantitative estimate of drug-likeness (QED) is 0.795. The minimum absolute atomic E-state index is 0.0826. The molecule has 0 aromatic carbocycles. The van der Waals surface area contributed by atoms with Crippen molar-refractivity contribution in [1.29, 1.82) is 0 Å². The van der Waals surface area contributed by atoms with Crippen LogP contribution >= 0.6 is 0 Å². The second-order valence-corrected chi connectivity index (χ2v) is 7.62. The SMILES string of the molecule is CC(C)(C)N(C(=O)NC1CCCCC1)C1CCCCC1. The summed E-state index contributed by atoms with van der Waals surface area (Å²) in [5, 5.41) is 3.31. The van der Waals surface area contributed by atoms with Gasteiger partial charge in [0.1, 0.15) is 0 Å². The first-order valence-electron chi connectivity index (χ1n) is 8.58. The Hall–Kier alpha value is -0.730. The molecule has 2 aliphatic carbocycles. The monoisotopic (exact) mass is 280 g/mol. The Kier molecular flexibility index (Phi) is 5.34. The lowest BCUT2D eigenvalue weighted by molar-refractivity contribution is 0.0869. The van der Waals surface area contributed by atoms with Gasteiger partial charge in [0.05, 0.1) is 0 Å². The number of rotatable bonds is 2. The number of hydrogen-bond donors (Lipinski definition) is 1. The lowest BCUT2D eigenvalue weighted by atomic mass is 9.90. The van der Waals surface area contributed by atoms with Crippen LogP contribution in [0.5, 0.6) is 0 Å². The van der Waals surface area contributed by atoms with E-state index in [1.165, 1.54) is 51.4 Å². The summed E-state index contributed by atoms with van der Waals surface area (Å²) in [6.07, 6.45) is 12.4. The van der Waals surface area contributed by atoms with Crippen molar-refractivity contribution in [1.82, 2.24) is 10.2 Å². The zero-order valence-electron chi connectivity index (χ0n) is 13.6. The molecule has 0 aromatic rings. The van der Waals surface area contributed by atoms with Crippen LogP contribution in [0.2, 0.25) is 0 Å². The highest BCUT2D eigenvalue weighted by Crippen LogP contribution is 2.29. The molecule has 0 saturated heterocycles. The summed E-state index contributed by atoms with van der Waals surface area (Å²) in [4.78, 5) is 14.9. The Morgan fingerprint density at radius 1 is 0.900 bits per heavy atom. The van der Waals surface area contributed by atoms with Crippen molar-refractivity contribution in [2.45, 2.75) is 103 Å². The molecule has 0 unspecified atom stereocenters. The third-order valence-corrected chi connectivity index (χ3v) is 4.81. The highest BCUT2D eigenvalue weighted by Gasteiger charge is 2.34. The van der Waals surface area contributed by atoms with Crippen LogP contribution in [0.25, 0.3) is 0 Å². The molecular weight excluding hydrogens is 248 g/mol. The van der Waals surface area contributed by atoms with Crippen LogP contribution < -0.4 is 5.32 Å². The number of nitrogens with one attached hydrogen (secondary N) is 1. The van der Waals surface area contributed by atoms with Gasteiger partial charge >= 0.3 is 6.03 Å². The molecule has 0 radical (unpaired) electrons. The number of nitrogens with zero attached hydrogens (tertiary/aromatic N) is 1. The van der Waals surface area contributed by atoms with E-state index in [-0.39, 0.29) is 11.6 Å². The Balaban J connectivity index is 1.99. The number of carbonyl (C=O) groups excluding carboxylic acids is 1. The molecule has 0 aliphatic heterocycles. The number of carbonyl (C=O) groups is 1. The van der Waals surface area contributed by atoms with Gasteiger partial charge in [-0.15, -0.1) is 0 Å². The molecule has 0 aromatic heterocycles. The lowest BCUT2D eigenvalue weighted by Crippen LogP contribution is -2.57. The molecule has 2 saturated carbocycles. The van der Waals surface area contributed by atoms with Crippen LogP contribution in [0.15, 0.2) is 0 Å². The molecule has 3 nitrogen and oxygen atoms in total. The molecule has 0 bridgehead atoms. The van der Waals surface area contributed by atoms with Crippen molar-refractivity contribution in [3.63, 3.8) is 0 Å². The van der Waals surface area contributed by atoms with E-state index in [1.807, 2.05) is 0 Å². The van der Waals surface area contributed by atoms with E-state index in [4.69, 9.17) is 0 Å². The Labute approximate surface area is 124 Å². The summed E-state index contributed by atoms with van der Waals surface area (Å²) in [7, 11) is 0. The van der Waals surface area contributed by atoms with Crippen LogP contribution in [-0.4, -0.2) is 28.6 Å². The van der Waals surface area contributed by atoms with Crippen molar-refractivity contribution in [2.24, 2.45) is 0 Å². The van der Waals surface area contributed by atoms with E-state index in [1.54, 1.807) is 0 Å². The highest BCUT2D eigenvalue weighted by atomic mass is 16.2. The Morgan fingerprint density at radius 3 is 1.90 bits per heavy atom. The van der Waals surface area contributed by atoms with Crippen LogP contribution in [0.4, 0.5) is 4.79 Å². The van der Waals surface area contributed by atoms with E-state index in [9.17, 15) is 4.79 Å². The second kappa shape index (κ2) is 6.82. The maximum Gasteiger partial charge on any atom is 0.318 e. The molecule has 0 atom stereocenters. The van der Waals surface area contributed by atoms with Gasteiger partial charge in [-0.1, -0.05) is 38.5 Å². The summed E-state index contributed by atoms with van der Waals surface area (Å²) in [5.74, 6) is 0. The predicted octanol–water partition coefficient (Wildman–Crippen LogP) is 4.46. The fourth-order valence-electron chi connectivity index (χ4n) is 3.85. The highest BCUT2D eigenvalue weighted by molar-refractivity contribution is 5.75. The largest absolute Gasteiger partial charge is 0.335 e. The van der Waals surface area contributed by atoms with Gasteiger partial charge in [0.15, 0.2) is 0 Å². The van der Waals surface area contributed by atoms with Gasteiger partial charge in [0, 0.05) is 17.6 Å². The molecule has 20 heavy (non-hydrogen) atoms. The van der Waals surface area contributed by atoms with Crippen molar-refractivity contribution >= 4 is 6.03 Å². The molecule has 2 rings (SSSR count). The van der Waals surface area contributed by atoms with E-state index in [0.717, 1.165) is 12.8 Å². The second-order valence-electron chi connectivity index (χ2n) is 7.62. The minimum Gasteiger partial charge on any atom is -0.335 e. The van der Waals surface area contributed by atoms with E-state index >= 15 is 0 Å². The average molecular weight is 280 g/mol. The zero-order valence-corrected chi connectivity index (χ0v) is 13.6. The van der Waals surface area contributed by atoms with E-state index < -0.39 is 0 Å².